The number of benzene rings is 2. The molecule has 7 nitrogen and oxygen atoms in total. The van der Waals surface area contributed by atoms with Gasteiger partial charge in [0.15, 0.2) is 11.6 Å². The molecule has 35 heavy (non-hydrogen) atoms. The van der Waals surface area contributed by atoms with Crippen LogP contribution in [0.5, 0.6) is 0 Å². The highest BCUT2D eigenvalue weighted by Gasteiger charge is 2.40. The van der Waals surface area contributed by atoms with E-state index < -0.39 is 35.4 Å². The maximum atomic E-state index is 13.3. The second-order valence-electron chi connectivity index (χ2n) is 9.52. The number of likely N-dealkylation sites (tertiary alicyclic amines) is 1. The van der Waals surface area contributed by atoms with Crippen molar-refractivity contribution in [2.24, 2.45) is 5.92 Å². The second-order valence-corrected chi connectivity index (χ2v) is 10.4. The predicted octanol–water partition coefficient (Wildman–Crippen LogP) is 5.35. The van der Waals surface area contributed by atoms with Gasteiger partial charge in [-0.2, -0.15) is 0 Å². The number of carbonyl (C=O) groups excluding carboxylic acids is 4. The van der Waals surface area contributed by atoms with E-state index in [9.17, 15) is 19.2 Å². The smallest absolute Gasteiger partial charge is 0.410 e. The normalized spacial score (nSPS) is 16.5. The summed E-state index contributed by atoms with van der Waals surface area (Å²) in [5, 5.41) is 0. The molecule has 1 aliphatic heterocycles. The third-order valence-corrected chi connectivity index (χ3v) is 6.14. The largest absolute Gasteiger partial charge is 0.460 e. The molecule has 0 spiro atoms. The molecule has 1 unspecified atom stereocenters. The van der Waals surface area contributed by atoms with Crippen molar-refractivity contribution in [2.45, 2.75) is 58.3 Å². The number of hydrogen-bond donors (Lipinski definition) is 0. The second kappa shape index (κ2) is 11.6. The fourth-order valence-electron chi connectivity index (χ4n) is 3.91. The molecule has 1 amide bonds. The highest BCUT2D eigenvalue weighted by Crippen LogP contribution is 2.26. The van der Waals surface area contributed by atoms with Gasteiger partial charge in [0.05, 0.1) is 6.04 Å². The van der Waals surface area contributed by atoms with Crippen molar-refractivity contribution >= 4 is 39.6 Å². The topological polar surface area (TPSA) is 90.0 Å². The standard InChI is InChI=1S/C27H30BrNO6/c1-27(2,3)35-26(33)29-15-7-10-22(29)23(30)16-21(24(31)19-11-13-20(28)14-12-19)25(32)34-17-18-8-5-4-6-9-18/h4-6,8-9,11-14,21-22H,7,10,15-17H2,1-3H3/t21?,22-/m0/s1. The number of ketones is 2. The van der Waals surface area contributed by atoms with Gasteiger partial charge in [-0.05, 0) is 51.3 Å². The van der Waals surface area contributed by atoms with E-state index in [1.54, 1.807) is 57.2 Å². The zero-order valence-corrected chi connectivity index (χ0v) is 21.7. The number of amides is 1. The molecule has 0 aliphatic carbocycles. The molecular weight excluding hydrogens is 514 g/mol. The predicted molar refractivity (Wildman–Crippen MR) is 134 cm³/mol. The first kappa shape index (κ1) is 26.6. The van der Waals surface area contributed by atoms with Crippen LogP contribution in [0, 0.1) is 5.92 Å². The van der Waals surface area contributed by atoms with E-state index in [0.717, 1.165) is 10.0 Å². The van der Waals surface area contributed by atoms with Gasteiger partial charge in [0, 0.05) is 23.0 Å². The van der Waals surface area contributed by atoms with E-state index in [1.807, 2.05) is 18.2 Å². The molecule has 2 atom stereocenters. The molecular formula is C27H30BrNO6. The number of Topliss-reactive ketones (excluding diaryl/α,β-unsaturated/α-hetero) is 2. The summed E-state index contributed by atoms with van der Waals surface area (Å²) in [6.07, 6.45) is 0.165. The van der Waals surface area contributed by atoms with Gasteiger partial charge >= 0.3 is 12.1 Å². The quantitative estimate of drug-likeness (QED) is 0.253. The zero-order chi connectivity index (χ0) is 25.6. The molecule has 8 heteroatoms. The third kappa shape index (κ3) is 7.49. The molecule has 1 saturated heterocycles. The average Bonchev–Trinajstić information content (AvgIpc) is 3.31. The Morgan fingerprint density at radius 3 is 2.31 bits per heavy atom. The number of halogens is 1. The van der Waals surface area contributed by atoms with Crippen LogP contribution in [0.3, 0.4) is 0 Å². The van der Waals surface area contributed by atoms with Crippen molar-refractivity contribution < 1.29 is 28.7 Å². The van der Waals surface area contributed by atoms with Crippen LogP contribution in [-0.2, 0) is 25.7 Å². The summed E-state index contributed by atoms with van der Waals surface area (Å²) < 4.78 is 11.7. The van der Waals surface area contributed by atoms with Crippen molar-refractivity contribution in [3.63, 3.8) is 0 Å². The average molecular weight is 544 g/mol. The summed E-state index contributed by atoms with van der Waals surface area (Å²) in [6.45, 7) is 5.65. The molecule has 0 N–H and O–H groups in total. The lowest BCUT2D eigenvalue weighted by Crippen LogP contribution is -2.44. The first-order chi connectivity index (χ1) is 16.5. The summed E-state index contributed by atoms with van der Waals surface area (Å²) >= 11 is 3.33. The Morgan fingerprint density at radius 2 is 1.69 bits per heavy atom. The minimum atomic E-state index is -1.31. The van der Waals surface area contributed by atoms with Crippen molar-refractivity contribution in [1.29, 1.82) is 0 Å². The van der Waals surface area contributed by atoms with Crippen LogP contribution in [0.1, 0.15) is 56.0 Å². The molecule has 1 fully saturated rings. The number of carbonyl (C=O) groups is 4. The monoisotopic (exact) mass is 543 g/mol. The van der Waals surface area contributed by atoms with E-state index in [-0.39, 0.29) is 18.8 Å². The van der Waals surface area contributed by atoms with E-state index in [0.29, 0.717) is 24.9 Å². The Labute approximate surface area is 213 Å². The van der Waals surface area contributed by atoms with Gasteiger partial charge in [-0.3, -0.25) is 19.3 Å². The Hall–Kier alpha value is -3.00. The number of nitrogens with zero attached hydrogens (tertiary/aromatic N) is 1. The molecule has 3 rings (SSSR count). The summed E-state index contributed by atoms with van der Waals surface area (Å²) in [5.74, 6) is -2.93. The number of hydrogen-bond acceptors (Lipinski definition) is 6. The lowest BCUT2D eigenvalue weighted by Gasteiger charge is -2.28. The van der Waals surface area contributed by atoms with Crippen LogP contribution >= 0.6 is 15.9 Å². The summed E-state index contributed by atoms with van der Waals surface area (Å²) in [6, 6.07) is 14.9. The van der Waals surface area contributed by atoms with Crippen LogP contribution in [0.15, 0.2) is 59.1 Å². The lowest BCUT2D eigenvalue weighted by molar-refractivity contribution is -0.149. The van der Waals surface area contributed by atoms with Crippen molar-refractivity contribution in [3.8, 4) is 0 Å². The molecule has 2 aromatic carbocycles. The first-order valence-electron chi connectivity index (χ1n) is 11.6. The summed E-state index contributed by atoms with van der Waals surface area (Å²) in [7, 11) is 0. The van der Waals surface area contributed by atoms with Crippen molar-refractivity contribution in [3.05, 3.63) is 70.2 Å². The lowest BCUT2D eigenvalue weighted by atomic mass is 9.90. The van der Waals surface area contributed by atoms with Crippen LogP contribution in [0.2, 0.25) is 0 Å². The minimum Gasteiger partial charge on any atom is -0.460 e. The van der Waals surface area contributed by atoms with E-state index >= 15 is 0 Å². The van der Waals surface area contributed by atoms with Crippen LogP contribution < -0.4 is 0 Å². The zero-order valence-electron chi connectivity index (χ0n) is 20.2. The van der Waals surface area contributed by atoms with Gasteiger partial charge in [-0.1, -0.05) is 58.4 Å². The van der Waals surface area contributed by atoms with Crippen molar-refractivity contribution in [2.75, 3.05) is 6.54 Å². The molecule has 1 aliphatic rings. The minimum absolute atomic E-state index is 0.00849. The Balaban J connectivity index is 1.77. The fourth-order valence-corrected chi connectivity index (χ4v) is 4.17. The van der Waals surface area contributed by atoms with Crippen molar-refractivity contribution in [1.82, 2.24) is 4.90 Å². The van der Waals surface area contributed by atoms with Gasteiger partial charge < -0.3 is 9.47 Å². The molecule has 186 valence electrons. The van der Waals surface area contributed by atoms with Gasteiger partial charge in [0.25, 0.3) is 0 Å². The van der Waals surface area contributed by atoms with Crippen LogP contribution in [0.25, 0.3) is 0 Å². The number of esters is 1. The maximum absolute atomic E-state index is 13.3. The summed E-state index contributed by atoms with van der Waals surface area (Å²) in [4.78, 5) is 53.6. The van der Waals surface area contributed by atoms with E-state index in [2.05, 4.69) is 15.9 Å². The number of ether oxygens (including phenoxy) is 2. The maximum Gasteiger partial charge on any atom is 0.410 e. The summed E-state index contributed by atoms with van der Waals surface area (Å²) in [5.41, 5.74) is 0.376. The molecule has 1 heterocycles. The Kier molecular flexibility index (Phi) is 8.83. The van der Waals surface area contributed by atoms with Crippen LogP contribution in [-0.4, -0.2) is 46.7 Å². The first-order valence-corrected chi connectivity index (χ1v) is 12.4. The van der Waals surface area contributed by atoms with Gasteiger partial charge in [0.2, 0.25) is 0 Å². The Bertz CT molecular complexity index is 1060. The molecule has 0 bridgehead atoms. The Morgan fingerprint density at radius 1 is 1.03 bits per heavy atom. The van der Waals surface area contributed by atoms with Gasteiger partial charge in [-0.25, -0.2) is 4.79 Å². The molecule has 0 saturated carbocycles. The fraction of sp³-hybridized carbons (Fsp3) is 0.407. The third-order valence-electron chi connectivity index (χ3n) is 5.61. The van der Waals surface area contributed by atoms with Crippen LogP contribution in [0.4, 0.5) is 4.79 Å². The van der Waals surface area contributed by atoms with Gasteiger partial charge in [-0.15, -0.1) is 0 Å². The van der Waals surface area contributed by atoms with E-state index in [4.69, 9.17) is 9.47 Å². The molecule has 0 radical (unpaired) electrons. The number of rotatable bonds is 8. The van der Waals surface area contributed by atoms with E-state index in [1.165, 1.54) is 4.90 Å². The molecule has 2 aromatic rings. The van der Waals surface area contributed by atoms with Gasteiger partial charge in [0.1, 0.15) is 18.1 Å². The molecule has 0 aromatic heterocycles. The SMILES string of the molecule is CC(C)(C)OC(=O)N1CCC[C@H]1C(=O)CC(C(=O)OCc1ccccc1)C(=O)c1ccc(Br)cc1. The highest BCUT2D eigenvalue weighted by atomic mass is 79.9. The highest BCUT2D eigenvalue weighted by molar-refractivity contribution is 9.10.